The van der Waals surface area contributed by atoms with Gasteiger partial charge in [-0.25, -0.2) is 12.8 Å². The molecule has 0 amide bonds. The van der Waals surface area contributed by atoms with Crippen LogP contribution in [0.4, 0.5) is 4.39 Å². The molecule has 9 heteroatoms. The number of aryl methyl sites for hydroxylation is 1. The fourth-order valence-corrected chi connectivity index (χ4v) is 6.00. The Labute approximate surface area is 234 Å². The van der Waals surface area contributed by atoms with Crippen molar-refractivity contribution in [1.82, 2.24) is 0 Å². The summed E-state index contributed by atoms with van der Waals surface area (Å²) in [7, 11) is -1.65. The van der Waals surface area contributed by atoms with Crippen LogP contribution in [0.5, 0.6) is 17.2 Å². The number of fused-ring (bicyclic) bond motifs is 2. The highest BCUT2D eigenvalue weighted by molar-refractivity contribution is 7.90. The number of benzene rings is 3. The molecule has 1 atom stereocenters. The van der Waals surface area contributed by atoms with Gasteiger partial charge in [-0.15, -0.1) is 0 Å². The number of sulfone groups is 1. The Kier molecular flexibility index (Phi) is 8.03. The molecule has 1 aliphatic carbocycles. The predicted molar refractivity (Wildman–Crippen MR) is 149 cm³/mol. The standard InChI is InChI=1S/C31H33FO7S/c1-19-13-28(37-11-4-12-40(3,34)35)25-8-9-26(25)31(19)20-5-10-27(32)22(14-20)18-38-23-6-7-24-21(15-30(33)36-2)17-39-29(24)16-23/h5-7,10,13-14,16,21H,4,8-9,11-12,15,17-18H2,1-3H3/t21-/m1/s1. The average molecular weight is 569 g/mol. The second kappa shape index (κ2) is 11.5. The van der Waals surface area contributed by atoms with Crippen LogP contribution in [0.1, 0.15) is 46.6 Å². The number of esters is 1. The van der Waals surface area contributed by atoms with Gasteiger partial charge in [0, 0.05) is 29.4 Å². The summed E-state index contributed by atoms with van der Waals surface area (Å²) in [6.45, 7) is 2.80. The molecule has 0 saturated carbocycles. The Bertz CT molecular complexity index is 1550. The van der Waals surface area contributed by atoms with E-state index in [2.05, 4.69) is 0 Å². The molecule has 2 aliphatic rings. The summed E-state index contributed by atoms with van der Waals surface area (Å²) in [5.41, 5.74) is 6.71. The number of hydrogen-bond acceptors (Lipinski definition) is 7. The van der Waals surface area contributed by atoms with Crippen molar-refractivity contribution in [2.45, 2.75) is 45.1 Å². The Morgan fingerprint density at radius 3 is 2.60 bits per heavy atom. The summed E-state index contributed by atoms with van der Waals surface area (Å²) in [5, 5.41) is 0. The number of methoxy groups -OCH3 is 1. The van der Waals surface area contributed by atoms with E-state index in [4.69, 9.17) is 18.9 Å². The summed E-state index contributed by atoms with van der Waals surface area (Å²) >= 11 is 0. The second-order valence-electron chi connectivity index (χ2n) is 10.4. The summed E-state index contributed by atoms with van der Waals surface area (Å²) in [6.07, 6.45) is 3.72. The van der Waals surface area contributed by atoms with Crippen LogP contribution in [0.15, 0.2) is 42.5 Å². The van der Waals surface area contributed by atoms with Crippen molar-refractivity contribution in [3.63, 3.8) is 0 Å². The quantitative estimate of drug-likeness (QED) is 0.228. The van der Waals surface area contributed by atoms with Crippen molar-refractivity contribution in [3.8, 4) is 28.4 Å². The summed E-state index contributed by atoms with van der Waals surface area (Å²) < 4.78 is 60.0. The van der Waals surface area contributed by atoms with E-state index in [0.29, 0.717) is 36.7 Å². The lowest BCUT2D eigenvalue weighted by atomic mass is 9.79. The first-order valence-corrected chi connectivity index (χ1v) is 15.4. The number of carbonyl (C=O) groups is 1. The van der Waals surface area contributed by atoms with E-state index >= 15 is 0 Å². The van der Waals surface area contributed by atoms with Gasteiger partial charge in [-0.05, 0) is 78.3 Å². The van der Waals surface area contributed by atoms with Crippen molar-refractivity contribution in [2.24, 2.45) is 0 Å². The first-order chi connectivity index (χ1) is 19.1. The zero-order valence-electron chi connectivity index (χ0n) is 22.9. The van der Waals surface area contributed by atoms with Gasteiger partial charge < -0.3 is 18.9 Å². The smallest absolute Gasteiger partial charge is 0.306 e. The van der Waals surface area contributed by atoms with Gasteiger partial charge in [-0.1, -0.05) is 12.1 Å². The lowest BCUT2D eigenvalue weighted by Crippen LogP contribution is -2.15. The number of rotatable bonds is 11. The molecule has 40 heavy (non-hydrogen) atoms. The molecule has 0 radical (unpaired) electrons. The fraction of sp³-hybridized carbons (Fsp3) is 0.387. The summed E-state index contributed by atoms with van der Waals surface area (Å²) in [5.74, 6) is 1.43. The zero-order chi connectivity index (χ0) is 28.4. The molecule has 0 N–H and O–H groups in total. The van der Waals surface area contributed by atoms with Gasteiger partial charge in [0.05, 0.1) is 32.5 Å². The van der Waals surface area contributed by atoms with E-state index in [9.17, 15) is 17.6 Å². The van der Waals surface area contributed by atoms with Gasteiger partial charge in [0.25, 0.3) is 0 Å². The van der Waals surface area contributed by atoms with E-state index in [1.165, 1.54) is 25.0 Å². The van der Waals surface area contributed by atoms with Crippen LogP contribution in [-0.2, 0) is 38.8 Å². The van der Waals surface area contributed by atoms with Gasteiger partial charge in [0.15, 0.2) is 0 Å². The van der Waals surface area contributed by atoms with E-state index in [1.54, 1.807) is 18.2 Å². The van der Waals surface area contributed by atoms with Crippen LogP contribution in [0.2, 0.25) is 0 Å². The van der Waals surface area contributed by atoms with Crippen LogP contribution in [0.25, 0.3) is 11.1 Å². The maximum Gasteiger partial charge on any atom is 0.306 e. The lowest BCUT2D eigenvalue weighted by Gasteiger charge is -2.28. The molecular weight excluding hydrogens is 535 g/mol. The molecule has 0 saturated heterocycles. The van der Waals surface area contributed by atoms with Crippen LogP contribution in [0, 0.1) is 12.7 Å². The van der Waals surface area contributed by atoms with Crippen molar-refractivity contribution >= 4 is 15.8 Å². The first-order valence-electron chi connectivity index (χ1n) is 13.3. The van der Waals surface area contributed by atoms with E-state index in [0.717, 1.165) is 46.4 Å². The largest absolute Gasteiger partial charge is 0.493 e. The van der Waals surface area contributed by atoms with Crippen molar-refractivity contribution in [3.05, 3.63) is 76.1 Å². The topological polar surface area (TPSA) is 88.1 Å². The number of hydrogen-bond donors (Lipinski definition) is 0. The third-order valence-corrected chi connectivity index (χ3v) is 8.51. The first kappa shape index (κ1) is 28.0. The predicted octanol–water partition coefficient (Wildman–Crippen LogP) is 5.33. The maximum absolute atomic E-state index is 14.8. The monoisotopic (exact) mass is 568 g/mol. The van der Waals surface area contributed by atoms with Gasteiger partial charge in [0.1, 0.15) is 39.5 Å². The molecule has 3 aromatic rings. The zero-order valence-corrected chi connectivity index (χ0v) is 23.7. The highest BCUT2D eigenvalue weighted by Gasteiger charge is 2.28. The van der Waals surface area contributed by atoms with E-state index in [1.807, 2.05) is 25.1 Å². The van der Waals surface area contributed by atoms with Crippen LogP contribution < -0.4 is 14.2 Å². The van der Waals surface area contributed by atoms with Crippen LogP contribution in [0.3, 0.4) is 0 Å². The molecule has 5 rings (SSSR count). The highest BCUT2D eigenvalue weighted by atomic mass is 32.2. The molecule has 0 unspecified atom stereocenters. The third kappa shape index (κ3) is 6.09. The van der Waals surface area contributed by atoms with Crippen molar-refractivity contribution < 1.29 is 36.6 Å². The Morgan fingerprint density at radius 2 is 1.88 bits per heavy atom. The number of halogens is 1. The molecule has 0 aromatic heterocycles. The minimum Gasteiger partial charge on any atom is -0.493 e. The van der Waals surface area contributed by atoms with Crippen molar-refractivity contribution in [1.29, 1.82) is 0 Å². The molecule has 0 fully saturated rings. The fourth-order valence-electron chi connectivity index (χ4n) is 5.35. The SMILES string of the molecule is COC(=O)C[C@@H]1COc2cc(OCc3cc(-c4c(C)cc(OCCCS(C)(=O)=O)c5c4CC5)ccc3F)ccc21. The molecule has 7 nitrogen and oxygen atoms in total. The minimum absolute atomic E-state index is 0.0484. The van der Waals surface area contributed by atoms with Gasteiger partial charge in [-0.3, -0.25) is 4.79 Å². The third-order valence-electron chi connectivity index (χ3n) is 7.48. The Balaban J connectivity index is 1.29. The Morgan fingerprint density at radius 1 is 1.07 bits per heavy atom. The Hall–Kier alpha value is -3.59. The van der Waals surface area contributed by atoms with E-state index in [-0.39, 0.29) is 36.5 Å². The number of ether oxygens (including phenoxy) is 4. The molecular formula is C31H33FO7S. The molecule has 1 heterocycles. The van der Waals surface area contributed by atoms with Gasteiger partial charge >= 0.3 is 5.97 Å². The van der Waals surface area contributed by atoms with Gasteiger partial charge in [0.2, 0.25) is 0 Å². The molecule has 1 aliphatic heterocycles. The highest BCUT2D eigenvalue weighted by Crippen LogP contribution is 2.43. The van der Waals surface area contributed by atoms with Crippen molar-refractivity contribution in [2.75, 3.05) is 32.3 Å². The second-order valence-corrected chi connectivity index (χ2v) is 12.7. The van der Waals surface area contributed by atoms with Crippen LogP contribution in [-0.4, -0.2) is 46.7 Å². The van der Waals surface area contributed by atoms with E-state index < -0.39 is 9.84 Å². The lowest BCUT2D eigenvalue weighted by molar-refractivity contribution is -0.141. The summed E-state index contributed by atoms with van der Waals surface area (Å²) in [6, 6.07) is 12.5. The molecule has 0 bridgehead atoms. The molecule has 212 valence electrons. The minimum atomic E-state index is -3.02. The van der Waals surface area contributed by atoms with Crippen LogP contribution >= 0.6 is 0 Å². The van der Waals surface area contributed by atoms with Gasteiger partial charge in [-0.2, -0.15) is 0 Å². The molecule has 3 aromatic carbocycles. The average Bonchev–Trinajstić information content (AvgIpc) is 3.28. The summed E-state index contributed by atoms with van der Waals surface area (Å²) in [4.78, 5) is 11.7. The number of carbonyl (C=O) groups excluding carboxylic acids is 1. The normalized spacial score (nSPS) is 15.4. The molecule has 0 spiro atoms. The maximum atomic E-state index is 14.8.